The Bertz CT molecular complexity index is 1050. The quantitative estimate of drug-likeness (QED) is 0.527. The fourth-order valence-electron chi connectivity index (χ4n) is 3.88. The van der Waals surface area contributed by atoms with Crippen molar-refractivity contribution in [1.29, 1.82) is 0 Å². The molecule has 9 heteroatoms. The van der Waals surface area contributed by atoms with E-state index in [9.17, 15) is 17.5 Å². The van der Waals surface area contributed by atoms with Crippen molar-refractivity contribution in [3.05, 3.63) is 100 Å². The zero-order valence-electron chi connectivity index (χ0n) is 16.4. The molecule has 0 aliphatic carbocycles. The van der Waals surface area contributed by atoms with Crippen LogP contribution in [0.5, 0.6) is 0 Å². The molecule has 1 fully saturated rings. The zero-order chi connectivity index (χ0) is 22.0. The molecule has 3 aromatic rings. The Kier molecular flexibility index (Phi) is 6.74. The minimum absolute atomic E-state index is 0.0306. The van der Waals surface area contributed by atoms with Crippen LogP contribution in [-0.4, -0.2) is 42.1 Å². The van der Waals surface area contributed by atoms with Crippen LogP contribution in [0, 0.1) is 11.6 Å². The van der Waals surface area contributed by atoms with Gasteiger partial charge in [-0.1, -0.05) is 23.7 Å². The average Bonchev–Trinajstić information content (AvgIpc) is 2.70. The highest BCUT2D eigenvalue weighted by atomic mass is 35.5. The molecule has 0 radical (unpaired) electrons. The number of halogens is 3. The van der Waals surface area contributed by atoms with Crippen molar-refractivity contribution >= 4 is 22.9 Å². The van der Waals surface area contributed by atoms with Gasteiger partial charge in [0.1, 0.15) is 11.6 Å². The molecule has 2 atom stereocenters. The molecule has 0 saturated carbocycles. The molecule has 0 spiro atoms. The third-order valence-electron chi connectivity index (χ3n) is 5.33. The highest BCUT2D eigenvalue weighted by molar-refractivity contribution is 7.76. The molecule has 0 amide bonds. The van der Waals surface area contributed by atoms with E-state index in [4.69, 9.17) is 11.6 Å². The Balaban J connectivity index is 1.53. The second-order valence-electron chi connectivity index (χ2n) is 7.43. The normalized spacial score (nSPS) is 16.8. The lowest BCUT2D eigenvalue weighted by Gasteiger charge is -2.47. The monoisotopic (exact) mass is 463 g/mol. The van der Waals surface area contributed by atoms with Crippen LogP contribution in [-0.2, 0) is 17.8 Å². The first kappa shape index (κ1) is 22.0. The van der Waals surface area contributed by atoms with E-state index in [0.29, 0.717) is 23.7 Å². The van der Waals surface area contributed by atoms with Gasteiger partial charge in [-0.15, -0.1) is 0 Å². The van der Waals surface area contributed by atoms with Crippen LogP contribution in [0.4, 0.5) is 8.78 Å². The molecule has 2 heterocycles. The van der Waals surface area contributed by atoms with Crippen LogP contribution in [0.15, 0.2) is 67.0 Å². The fraction of sp³-hybridized carbons (Fsp3) is 0.227. The van der Waals surface area contributed by atoms with Gasteiger partial charge in [0.15, 0.2) is 0 Å². The maximum atomic E-state index is 13.5. The van der Waals surface area contributed by atoms with Gasteiger partial charge in [0, 0.05) is 43.1 Å². The first-order chi connectivity index (χ1) is 14.9. The van der Waals surface area contributed by atoms with Crippen molar-refractivity contribution in [3.8, 4) is 0 Å². The molecule has 1 aliphatic heterocycles. The fourth-order valence-corrected chi connectivity index (χ4v) is 4.65. The molecule has 5 nitrogen and oxygen atoms in total. The van der Waals surface area contributed by atoms with Gasteiger partial charge in [-0.2, -0.15) is 4.31 Å². The van der Waals surface area contributed by atoms with Crippen LogP contribution in [0.1, 0.15) is 22.7 Å². The molecular formula is C22H20ClF2N3O2S. The van der Waals surface area contributed by atoms with E-state index in [-0.39, 0.29) is 18.6 Å². The molecular weight excluding hydrogens is 444 g/mol. The molecule has 0 bridgehead atoms. The Morgan fingerprint density at radius 2 is 1.65 bits per heavy atom. The molecule has 162 valence electrons. The lowest BCUT2D eigenvalue weighted by atomic mass is 9.93. The summed E-state index contributed by atoms with van der Waals surface area (Å²) in [6.07, 6.45) is 3.45. The molecule has 1 unspecified atom stereocenters. The number of rotatable bonds is 7. The Hall–Kier alpha value is -2.23. The maximum Gasteiger partial charge on any atom is 0.235 e. The first-order valence-corrected chi connectivity index (χ1v) is 11.1. The van der Waals surface area contributed by atoms with Crippen LogP contribution < -0.4 is 0 Å². The molecule has 1 aliphatic rings. The van der Waals surface area contributed by atoms with Gasteiger partial charge < -0.3 is 0 Å². The summed E-state index contributed by atoms with van der Waals surface area (Å²) in [5.74, 6) is -1.43. The van der Waals surface area contributed by atoms with E-state index in [1.807, 2.05) is 36.4 Å². The third kappa shape index (κ3) is 5.16. The van der Waals surface area contributed by atoms with Crippen LogP contribution in [0.3, 0.4) is 0 Å². The molecule has 1 saturated heterocycles. The van der Waals surface area contributed by atoms with E-state index in [1.54, 1.807) is 12.4 Å². The highest BCUT2D eigenvalue weighted by Gasteiger charge is 2.39. The molecule has 1 aromatic heterocycles. The van der Waals surface area contributed by atoms with Gasteiger partial charge in [-0.25, -0.2) is 13.0 Å². The summed E-state index contributed by atoms with van der Waals surface area (Å²) in [6.45, 7) is 0.997. The number of pyridine rings is 1. The summed E-state index contributed by atoms with van der Waals surface area (Å²) in [6, 6.07) is 14.3. The predicted molar refractivity (Wildman–Crippen MR) is 116 cm³/mol. The standard InChI is InChI=1S/C22H20ClF2N3O2S/c23-18-3-1-16(2-4-18)22(17-5-7-26-8-6-17)27-13-21(14-27)28(31(29)30)12-15-9-19(24)11-20(25)10-15/h1-11,21-22H,12-14H2,(H,29,30)/t22-/m1/s1. The summed E-state index contributed by atoms with van der Waals surface area (Å²) < 4.78 is 50.2. The van der Waals surface area contributed by atoms with Crippen LogP contribution >= 0.6 is 11.6 Å². The van der Waals surface area contributed by atoms with E-state index < -0.39 is 22.9 Å². The third-order valence-corrected chi connectivity index (χ3v) is 6.41. The highest BCUT2D eigenvalue weighted by Crippen LogP contribution is 2.34. The number of hydrogen-bond donors (Lipinski definition) is 1. The summed E-state index contributed by atoms with van der Waals surface area (Å²) in [4.78, 5) is 6.26. The molecule has 4 rings (SSSR count). The molecule has 1 N–H and O–H groups in total. The van der Waals surface area contributed by atoms with Gasteiger partial charge in [-0.05, 0) is 53.1 Å². The van der Waals surface area contributed by atoms with Gasteiger partial charge in [0.25, 0.3) is 0 Å². The smallest absolute Gasteiger partial charge is 0.235 e. The Morgan fingerprint density at radius 1 is 1.06 bits per heavy atom. The van der Waals surface area contributed by atoms with Crippen molar-refractivity contribution in [1.82, 2.24) is 14.2 Å². The summed E-state index contributed by atoms with van der Waals surface area (Å²) in [7, 11) is 0. The molecule has 2 aromatic carbocycles. The van der Waals surface area contributed by atoms with Gasteiger partial charge in [0.05, 0.1) is 12.1 Å². The lowest BCUT2D eigenvalue weighted by molar-refractivity contribution is 0.0497. The van der Waals surface area contributed by atoms with Gasteiger partial charge >= 0.3 is 0 Å². The van der Waals surface area contributed by atoms with Gasteiger partial charge in [-0.3, -0.25) is 14.4 Å². The van der Waals surface area contributed by atoms with Crippen LogP contribution in [0.2, 0.25) is 5.02 Å². The van der Waals surface area contributed by atoms with Crippen molar-refractivity contribution in [3.63, 3.8) is 0 Å². The van der Waals surface area contributed by atoms with Crippen molar-refractivity contribution in [2.45, 2.75) is 18.6 Å². The number of nitrogens with zero attached hydrogens (tertiary/aromatic N) is 3. The SMILES string of the molecule is O=S(O)N(Cc1cc(F)cc(F)c1)C1CN([C@@H](c2ccncc2)c2ccc(Cl)cc2)C1. The second kappa shape index (κ2) is 9.50. The summed E-state index contributed by atoms with van der Waals surface area (Å²) in [5.41, 5.74) is 2.39. The summed E-state index contributed by atoms with van der Waals surface area (Å²) >= 11 is 3.76. The lowest BCUT2D eigenvalue weighted by Crippen LogP contribution is -2.60. The van der Waals surface area contributed by atoms with Crippen molar-refractivity contribution < 1.29 is 17.5 Å². The van der Waals surface area contributed by atoms with E-state index in [0.717, 1.165) is 17.2 Å². The second-order valence-corrected chi connectivity index (χ2v) is 8.79. The zero-order valence-corrected chi connectivity index (χ0v) is 17.9. The van der Waals surface area contributed by atoms with Crippen molar-refractivity contribution in [2.75, 3.05) is 13.1 Å². The largest absolute Gasteiger partial charge is 0.294 e. The summed E-state index contributed by atoms with van der Waals surface area (Å²) in [5, 5.41) is 0.642. The number of aromatic nitrogens is 1. The number of likely N-dealkylation sites (tertiary alicyclic amines) is 1. The Labute approximate surface area is 186 Å². The van der Waals surface area contributed by atoms with Crippen molar-refractivity contribution in [2.24, 2.45) is 0 Å². The molecule has 31 heavy (non-hydrogen) atoms. The Morgan fingerprint density at radius 3 is 2.23 bits per heavy atom. The maximum absolute atomic E-state index is 13.5. The topological polar surface area (TPSA) is 56.7 Å². The van der Waals surface area contributed by atoms with Gasteiger partial charge in [0.2, 0.25) is 11.3 Å². The first-order valence-electron chi connectivity index (χ1n) is 9.63. The average molecular weight is 464 g/mol. The minimum atomic E-state index is -2.28. The predicted octanol–water partition coefficient (Wildman–Crippen LogP) is 4.43. The minimum Gasteiger partial charge on any atom is -0.294 e. The number of benzene rings is 2. The van der Waals surface area contributed by atoms with E-state index in [1.165, 1.54) is 16.4 Å². The van der Waals surface area contributed by atoms with Crippen LogP contribution in [0.25, 0.3) is 0 Å². The number of hydrogen-bond acceptors (Lipinski definition) is 3. The van der Waals surface area contributed by atoms with E-state index >= 15 is 0 Å². The van der Waals surface area contributed by atoms with E-state index in [2.05, 4.69) is 9.88 Å².